The number of rotatable bonds is 5. The maximum Gasteiger partial charge on any atom is 0.456 e. The fraction of sp³-hybridized carbons (Fsp3) is 0.600. The molecular formula is C10H11F3N4O2. The van der Waals surface area contributed by atoms with Crippen LogP contribution >= 0.6 is 0 Å². The molecule has 1 fully saturated rings. The van der Waals surface area contributed by atoms with Crippen molar-refractivity contribution in [3.63, 3.8) is 0 Å². The standard InChI is InChI=1S/C10H11F3N4O2/c11-10(12,13)9(19)7-4-17(16-15-7)5-8(18)14-3-6-1-2-6/h4,6H,1-3,5H2,(H,14,18). The number of nitrogens with one attached hydrogen (secondary N) is 1. The molecule has 0 radical (unpaired) electrons. The number of nitrogens with zero attached hydrogens (tertiary/aromatic N) is 3. The molecule has 1 aromatic rings. The maximum atomic E-state index is 12.1. The lowest BCUT2D eigenvalue weighted by molar-refractivity contribution is -0.121. The number of carbonyl (C=O) groups excluding carboxylic acids is 2. The molecule has 6 nitrogen and oxygen atoms in total. The second-order valence-corrected chi connectivity index (χ2v) is 4.38. The van der Waals surface area contributed by atoms with Crippen molar-refractivity contribution < 1.29 is 22.8 Å². The minimum atomic E-state index is -4.99. The van der Waals surface area contributed by atoms with Crippen molar-refractivity contribution in [3.8, 4) is 0 Å². The Morgan fingerprint density at radius 3 is 2.68 bits per heavy atom. The van der Waals surface area contributed by atoms with Crippen LogP contribution in [0.5, 0.6) is 0 Å². The van der Waals surface area contributed by atoms with E-state index in [1.807, 2.05) is 0 Å². The van der Waals surface area contributed by atoms with Gasteiger partial charge in [0.05, 0.1) is 6.20 Å². The predicted molar refractivity (Wildman–Crippen MR) is 56.1 cm³/mol. The number of amides is 1. The second kappa shape index (κ2) is 4.98. The third-order valence-corrected chi connectivity index (χ3v) is 2.62. The number of hydrogen-bond donors (Lipinski definition) is 1. The summed E-state index contributed by atoms with van der Waals surface area (Å²) in [6.45, 7) is 0.298. The molecule has 0 bridgehead atoms. The lowest BCUT2D eigenvalue weighted by atomic mass is 10.3. The highest BCUT2D eigenvalue weighted by molar-refractivity contribution is 5.98. The molecule has 1 heterocycles. The van der Waals surface area contributed by atoms with Crippen LogP contribution in [-0.2, 0) is 11.3 Å². The Balaban J connectivity index is 1.89. The van der Waals surface area contributed by atoms with Gasteiger partial charge in [0, 0.05) is 6.54 Å². The normalized spacial score (nSPS) is 15.3. The highest BCUT2D eigenvalue weighted by Gasteiger charge is 2.41. The number of halogens is 3. The summed E-state index contributed by atoms with van der Waals surface area (Å²) < 4.78 is 37.3. The van der Waals surface area contributed by atoms with Crippen LogP contribution in [0.4, 0.5) is 13.2 Å². The van der Waals surface area contributed by atoms with E-state index in [9.17, 15) is 22.8 Å². The second-order valence-electron chi connectivity index (χ2n) is 4.38. The van der Waals surface area contributed by atoms with Crippen LogP contribution in [0.2, 0.25) is 0 Å². The summed E-state index contributed by atoms with van der Waals surface area (Å²) in [5.41, 5.74) is -0.817. The number of carbonyl (C=O) groups is 2. The molecule has 1 amide bonds. The third-order valence-electron chi connectivity index (χ3n) is 2.62. The van der Waals surface area contributed by atoms with Gasteiger partial charge in [0.2, 0.25) is 5.91 Å². The molecule has 0 unspecified atom stereocenters. The van der Waals surface area contributed by atoms with Crippen LogP contribution in [0.15, 0.2) is 6.20 Å². The molecule has 1 saturated carbocycles. The SMILES string of the molecule is O=C(Cn1cc(C(=O)C(F)(F)F)nn1)NCC1CC1. The summed E-state index contributed by atoms with van der Waals surface area (Å²) in [7, 11) is 0. The summed E-state index contributed by atoms with van der Waals surface area (Å²) in [5, 5.41) is 9.05. The van der Waals surface area contributed by atoms with Crippen molar-refractivity contribution in [2.24, 2.45) is 5.92 Å². The first kappa shape index (κ1) is 13.5. The molecule has 0 aromatic carbocycles. The van der Waals surface area contributed by atoms with E-state index in [2.05, 4.69) is 15.6 Å². The molecule has 1 aliphatic rings. The monoisotopic (exact) mass is 276 g/mol. The summed E-state index contributed by atoms with van der Waals surface area (Å²) in [6.07, 6.45) is -2.02. The topological polar surface area (TPSA) is 76.9 Å². The first-order valence-electron chi connectivity index (χ1n) is 5.64. The van der Waals surface area contributed by atoms with Gasteiger partial charge in [0.1, 0.15) is 6.54 Å². The fourth-order valence-electron chi connectivity index (χ4n) is 1.41. The highest BCUT2D eigenvalue weighted by atomic mass is 19.4. The van der Waals surface area contributed by atoms with Gasteiger partial charge in [-0.25, -0.2) is 4.68 Å². The summed E-state index contributed by atoms with van der Waals surface area (Å²) in [5.74, 6) is -1.94. The van der Waals surface area contributed by atoms with Crippen molar-refractivity contribution >= 4 is 11.7 Å². The lowest BCUT2D eigenvalue weighted by Crippen LogP contribution is -2.29. The van der Waals surface area contributed by atoms with E-state index in [1.165, 1.54) is 0 Å². The van der Waals surface area contributed by atoms with Gasteiger partial charge in [-0.2, -0.15) is 13.2 Å². The van der Waals surface area contributed by atoms with E-state index in [0.29, 0.717) is 12.5 Å². The summed E-state index contributed by atoms with van der Waals surface area (Å²) in [6, 6.07) is 0. The van der Waals surface area contributed by atoms with Gasteiger partial charge < -0.3 is 5.32 Å². The van der Waals surface area contributed by atoms with Gasteiger partial charge in [-0.15, -0.1) is 5.10 Å². The summed E-state index contributed by atoms with van der Waals surface area (Å²) >= 11 is 0. The zero-order valence-corrected chi connectivity index (χ0v) is 9.78. The van der Waals surface area contributed by atoms with Crippen LogP contribution in [0.3, 0.4) is 0 Å². The van der Waals surface area contributed by atoms with Crippen LogP contribution in [0, 0.1) is 5.92 Å². The van der Waals surface area contributed by atoms with Crippen molar-refractivity contribution in [1.29, 1.82) is 0 Å². The van der Waals surface area contributed by atoms with Gasteiger partial charge in [0.25, 0.3) is 5.78 Å². The van der Waals surface area contributed by atoms with Crippen molar-refractivity contribution in [2.45, 2.75) is 25.6 Å². The largest absolute Gasteiger partial charge is 0.456 e. The predicted octanol–water partition coefficient (Wildman–Crippen LogP) is 0.549. The Bertz CT molecular complexity index is 493. The molecule has 0 atom stereocenters. The number of ketones is 1. The summed E-state index contributed by atoms with van der Waals surface area (Å²) in [4.78, 5) is 22.3. The Morgan fingerprint density at radius 2 is 2.11 bits per heavy atom. The number of hydrogen-bond acceptors (Lipinski definition) is 4. The highest BCUT2D eigenvalue weighted by Crippen LogP contribution is 2.27. The minimum absolute atomic E-state index is 0.259. The minimum Gasteiger partial charge on any atom is -0.354 e. The van der Waals surface area contributed by atoms with Gasteiger partial charge in [-0.3, -0.25) is 9.59 Å². The van der Waals surface area contributed by atoms with E-state index in [4.69, 9.17) is 0 Å². The zero-order valence-electron chi connectivity index (χ0n) is 9.78. The average molecular weight is 276 g/mol. The molecule has 0 spiro atoms. The Morgan fingerprint density at radius 1 is 1.42 bits per heavy atom. The Hall–Kier alpha value is -1.93. The smallest absolute Gasteiger partial charge is 0.354 e. The number of alkyl halides is 3. The molecule has 1 aliphatic carbocycles. The first-order chi connectivity index (χ1) is 8.86. The van der Waals surface area contributed by atoms with E-state index < -0.39 is 17.7 Å². The van der Waals surface area contributed by atoms with Crippen LogP contribution in [-0.4, -0.2) is 39.4 Å². The van der Waals surface area contributed by atoms with E-state index in [0.717, 1.165) is 23.7 Å². The van der Waals surface area contributed by atoms with Crippen molar-refractivity contribution in [3.05, 3.63) is 11.9 Å². The lowest BCUT2D eigenvalue weighted by Gasteiger charge is -2.03. The van der Waals surface area contributed by atoms with Crippen LogP contribution in [0.1, 0.15) is 23.3 Å². The van der Waals surface area contributed by atoms with Crippen molar-refractivity contribution in [2.75, 3.05) is 6.54 Å². The van der Waals surface area contributed by atoms with Crippen LogP contribution in [0.25, 0.3) is 0 Å². The van der Waals surface area contributed by atoms with Gasteiger partial charge >= 0.3 is 6.18 Å². The molecule has 0 saturated heterocycles. The quantitative estimate of drug-likeness (QED) is 0.797. The van der Waals surface area contributed by atoms with E-state index in [-0.39, 0.29) is 12.5 Å². The van der Waals surface area contributed by atoms with E-state index in [1.54, 1.807) is 0 Å². The molecule has 104 valence electrons. The average Bonchev–Trinajstić information content (AvgIpc) is 3.04. The Kier molecular flexibility index (Phi) is 3.54. The zero-order chi connectivity index (χ0) is 14.0. The third kappa shape index (κ3) is 3.76. The number of aromatic nitrogens is 3. The molecule has 0 aliphatic heterocycles. The van der Waals surface area contributed by atoms with Crippen LogP contribution < -0.4 is 5.32 Å². The molecular weight excluding hydrogens is 265 g/mol. The van der Waals surface area contributed by atoms with Gasteiger partial charge in [-0.05, 0) is 18.8 Å². The number of Topliss-reactive ketones (excluding diaryl/α,β-unsaturated/α-hetero) is 1. The first-order valence-corrected chi connectivity index (χ1v) is 5.64. The van der Waals surface area contributed by atoms with Gasteiger partial charge in [0.15, 0.2) is 5.69 Å². The Labute approximate surface area is 106 Å². The molecule has 1 N–H and O–H groups in total. The fourth-order valence-corrected chi connectivity index (χ4v) is 1.41. The van der Waals surface area contributed by atoms with Gasteiger partial charge in [-0.1, -0.05) is 5.21 Å². The maximum absolute atomic E-state index is 12.1. The van der Waals surface area contributed by atoms with Crippen molar-refractivity contribution in [1.82, 2.24) is 20.3 Å². The van der Waals surface area contributed by atoms with E-state index >= 15 is 0 Å². The molecule has 9 heteroatoms. The molecule has 1 aromatic heterocycles. The molecule has 19 heavy (non-hydrogen) atoms. The molecule has 2 rings (SSSR count).